The Morgan fingerprint density at radius 2 is 1.53 bits per heavy atom. The summed E-state index contributed by atoms with van der Waals surface area (Å²) in [5, 5.41) is 4.52. The Morgan fingerprint density at radius 3 is 2.17 bits per heavy atom. The smallest absolute Gasteiger partial charge is 0.320 e. The molecule has 12 heteroatoms. The molecule has 1 saturated heterocycles. The molecule has 1 aliphatic heterocycles. The van der Waals surface area contributed by atoms with Gasteiger partial charge in [-0.3, -0.25) is 4.79 Å². The van der Waals surface area contributed by atoms with Gasteiger partial charge in [0, 0.05) is 37.3 Å². The second kappa shape index (κ2) is 10.0. The third kappa shape index (κ3) is 4.97. The molecule has 1 amide bonds. The van der Waals surface area contributed by atoms with Gasteiger partial charge in [0.2, 0.25) is 11.9 Å². The molecule has 184 valence electrons. The molecule has 1 aliphatic rings. The first-order valence-corrected chi connectivity index (χ1v) is 11.2. The zero-order valence-electron chi connectivity index (χ0n) is 19.4. The van der Waals surface area contributed by atoms with Crippen molar-refractivity contribution >= 4 is 11.9 Å². The number of ether oxygens (including phenoxy) is 1. The lowest BCUT2D eigenvalue weighted by atomic mass is 10.2. The number of carbonyl (C=O) groups is 1. The second-order valence-electron chi connectivity index (χ2n) is 8.07. The summed E-state index contributed by atoms with van der Waals surface area (Å²) in [7, 11) is 1.49. The summed E-state index contributed by atoms with van der Waals surface area (Å²) < 4.78 is 33.4. The molecule has 4 aromatic rings. The van der Waals surface area contributed by atoms with E-state index in [-0.39, 0.29) is 30.1 Å². The third-order valence-electron chi connectivity index (χ3n) is 5.80. The standard InChI is InChI=1S/C24H22F2N8O2/c1-36-24-28-15-27-23(30-24)33-12-10-32(11-13-33)20(35)14-34-22(17-4-8-19(26)9-5-17)29-21(31-34)16-2-6-18(25)7-3-16/h2-9,15H,10-14H2,1H3. The van der Waals surface area contributed by atoms with Crippen LogP contribution in [0.2, 0.25) is 0 Å². The Kier molecular flexibility index (Phi) is 6.48. The predicted octanol–water partition coefficient (Wildman–Crippen LogP) is 2.43. The minimum Gasteiger partial charge on any atom is -0.467 e. The van der Waals surface area contributed by atoms with Gasteiger partial charge < -0.3 is 14.5 Å². The largest absolute Gasteiger partial charge is 0.467 e. The maximum Gasteiger partial charge on any atom is 0.320 e. The van der Waals surface area contributed by atoms with E-state index in [1.807, 2.05) is 4.90 Å². The number of nitrogens with zero attached hydrogens (tertiary/aromatic N) is 8. The molecule has 2 aromatic heterocycles. The average Bonchev–Trinajstić information content (AvgIpc) is 3.33. The Bertz CT molecular complexity index is 1350. The van der Waals surface area contributed by atoms with Crippen molar-refractivity contribution in [3.8, 4) is 28.8 Å². The van der Waals surface area contributed by atoms with Crippen molar-refractivity contribution in [3.63, 3.8) is 0 Å². The van der Waals surface area contributed by atoms with Crippen molar-refractivity contribution in [2.24, 2.45) is 0 Å². The van der Waals surface area contributed by atoms with E-state index >= 15 is 0 Å². The third-order valence-corrected chi connectivity index (χ3v) is 5.80. The minimum atomic E-state index is -0.381. The Balaban J connectivity index is 1.34. The normalized spacial score (nSPS) is 13.6. The maximum atomic E-state index is 13.5. The van der Waals surface area contributed by atoms with Crippen LogP contribution in [0.1, 0.15) is 0 Å². The number of anilines is 1. The van der Waals surface area contributed by atoms with Crippen LogP contribution >= 0.6 is 0 Å². The van der Waals surface area contributed by atoms with Gasteiger partial charge in [-0.1, -0.05) is 0 Å². The molecule has 0 bridgehead atoms. The average molecular weight is 492 g/mol. The molecule has 36 heavy (non-hydrogen) atoms. The van der Waals surface area contributed by atoms with Crippen molar-refractivity contribution in [1.29, 1.82) is 0 Å². The lowest BCUT2D eigenvalue weighted by Crippen LogP contribution is -2.50. The zero-order valence-corrected chi connectivity index (χ0v) is 19.4. The first kappa shape index (κ1) is 23.3. The van der Waals surface area contributed by atoms with E-state index in [9.17, 15) is 13.6 Å². The van der Waals surface area contributed by atoms with Gasteiger partial charge in [0.05, 0.1) is 7.11 Å². The zero-order chi connectivity index (χ0) is 25.1. The number of carbonyl (C=O) groups excluding carboxylic acids is 1. The van der Waals surface area contributed by atoms with Gasteiger partial charge in [0.15, 0.2) is 11.6 Å². The van der Waals surface area contributed by atoms with Gasteiger partial charge in [-0.25, -0.2) is 23.4 Å². The van der Waals surface area contributed by atoms with E-state index in [0.717, 1.165) is 0 Å². The van der Waals surface area contributed by atoms with Gasteiger partial charge in [0.25, 0.3) is 0 Å². The highest BCUT2D eigenvalue weighted by atomic mass is 19.1. The van der Waals surface area contributed by atoms with Crippen LogP contribution in [0.3, 0.4) is 0 Å². The number of rotatable bonds is 6. The van der Waals surface area contributed by atoms with Gasteiger partial charge in [-0.2, -0.15) is 9.97 Å². The van der Waals surface area contributed by atoms with Crippen molar-refractivity contribution in [2.45, 2.75) is 6.54 Å². The van der Waals surface area contributed by atoms with Crippen molar-refractivity contribution in [1.82, 2.24) is 34.6 Å². The molecule has 3 heterocycles. The quantitative estimate of drug-likeness (QED) is 0.405. The van der Waals surface area contributed by atoms with Gasteiger partial charge in [-0.05, 0) is 48.5 Å². The van der Waals surface area contributed by atoms with E-state index in [1.165, 1.54) is 42.4 Å². The first-order valence-electron chi connectivity index (χ1n) is 11.2. The summed E-state index contributed by atoms with van der Waals surface area (Å²) in [4.78, 5) is 33.8. The first-order chi connectivity index (χ1) is 17.5. The highest BCUT2D eigenvalue weighted by Crippen LogP contribution is 2.23. The van der Waals surface area contributed by atoms with E-state index in [4.69, 9.17) is 4.74 Å². The van der Waals surface area contributed by atoms with Gasteiger partial charge >= 0.3 is 6.01 Å². The van der Waals surface area contributed by atoms with Crippen LogP contribution < -0.4 is 9.64 Å². The number of hydrogen-bond acceptors (Lipinski definition) is 8. The maximum absolute atomic E-state index is 13.5. The van der Waals surface area contributed by atoms with Crippen molar-refractivity contribution in [3.05, 3.63) is 66.5 Å². The van der Waals surface area contributed by atoms with E-state index < -0.39 is 0 Å². The number of aromatic nitrogens is 6. The Hall–Kier alpha value is -4.48. The molecule has 0 unspecified atom stereocenters. The molecule has 0 atom stereocenters. The van der Waals surface area contributed by atoms with Gasteiger partial charge in [-0.15, -0.1) is 5.10 Å². The number of hydrogen-bond donors (Lipinski definition) is 0. The van der Waals surface area contributed by atoms with Crippen LogP contribution in [-0.2, 0) is 11.3 Å². The van der Waals surface area contributed by atoms with E-state index in [0.29, 0.717) is 54.9 Å². The molecule has 0 spiro atoms. The lowest BCUT2D eigenvalue weighted by molar-refractivity contribution is -0.132. The predicted molar refractivity (Wildman–Crippen MR) is 126 cm³/mol. The lowest BCUT2D eigenvalue weighted by Gasteiger charge is -2.34. The molecule has 5 rings (SSSR count). The van der Waals surface area contributed by atoms with Crippen LogP contribution in [0.25, 0.3) is 22.8 Å². The molecular formula is C24H22F2N8O2. The Labute approximate surface area is 205 Å². The van der Waals surface area contributed by atoms with Crippen LogP contribution in [0.15, 0.2) is 54.9 Å². The highest BCUT2D eigenvalue weighted by Gasteiger charge is 2.25. The minimum absolute atomic E-state index is 0.0551. The van der Waals surface area contributed by atoms with Gasteiger partial charge in [0.1, 0.15) is 24.5 Å². The highest BCUT2D eigenvalue weighted by molar-refractivity contribution is 5.77. The fourth-order valence-electron chi connectivity index (χ4n) is 3.89. The molecule has 2 aromatic carbocycles. The molecule has 0 radical (unpaired) electrons. The summed E-state index contributed by atoms with van der Waals surface area (Å²) in [5.74, 6) is 0.360. The second-order valence-corrected chi connectivity index (χ2v) is 8.07. The van der Waals surface area contributed by atoms with Crippen LogP contribution in [0.5, 0.6) is 6.01 Å². The van der Waals surface area contributed by atoms with E-state index in [2.05, 4.69) is 25.0 Å². The van der Waals surface area contributed by atoms with Crippen LogP contribution in [0, 0.1) is 11.6 Å². The number of benzene rings is 2. The molecule has 0 aliphatic carbocycles. The molecule has 0 N–H and O–H groups in total. The molecule has 1 fully saturated rings. The van der Waals surface area contributed by atoms with Crippen LogP contribution in [0.4, 0.5) is 14.7 Å². The Morgan fingerprint density at radius 1 is 0.889 bits per heavy atom. The SMILES string of the molecule is COc1ncnc(N2CCN(C(=O)Cn3nc(-c4ccc(F)cc4)nc3-c3ccc(F)cc3)CC2)n1. The van der Waals surface area contributed by atoms with E-state index in [1.54, 1.807) is 29.2 Å². The fourth-order valence-corrected chi connectivity index (χ4v) is 3.89. The number of halogens is 2. The summed E-state index contributed by atoms with van der Waals surface area (Å²) in [6, 6.07) is 11.8. The molecule has 10 nitrogen and oxygen atoms in total. The summed E-state index contributed by atoms with van der Waals surface area (Å²) >= 11 is 0. The van der Waals surface area contributed by atoms with Crippen molar-refractivity contribution < 1.29 is 18.3 Å². The fraction of sp³-hybridized carbons (Fsp3) is 0.250. The van der Waals surface area contributed by atoms with Crippen molar-refractivity contribution in [2.75, 3.05) is 38.2 Å². The summed E-state index contributed by atoms with van der Waals surface area (Å²) in [6.45, 7) is 1.97. The number of amides is 1. The number of methoxy groups -OCH3 is 1. The molecular weight excluding hydrogens is 470 g/mol. The monoisotopic (exact) mass is 492 g/mol. The molecule has 0 saturated carbocycles. The summed E-state index contributed by atoms with van der Waals surface area (Å²) in [6.07, 6.45) is 1.39. The van der Waals surface area contributed by atoms with Crippen LogP contribution in [-0.4, -0.2) is 73.8 Å². The summed E-state index contributed by atoms with van der Waals surface area (Å²) in [5.41, 5.74) is 1.21. The topological polar surface area (TPSA) is 102 Å². The number of piperazine rings is 1.